The Morgan fingerprint density at radius 2 is 2.22 bits per heavy atom. The SMILES string of the molecule is Cc1cc(C2OCCC2CCl)c2ccccc2n1. The summed E-state index contributed by atoms with van der Waals surface area (Å²) in [4.78, 5) is 4.57. The van der Waals surface area contributed by atoms with Crippen LogP contribution in [0.2, 0.25) is 0 Å². The molecule has 1 saturated heterocycles. The average molecular weight is 262 g/mol. The summed E-state index contributed by atoms with van der Waals surface area (Å²) in [5.74, 6) is 1.07. The van der Waals surface area contributed by atoms with E-state index in [1.165, 1.54) is 10.9 Å². The van der Waals surface area contributed by atoms with Gasteiger partial charge in [-0.3, -0.25) is 4.98 Å². The Balaban J connectivity index is 2.15. The molecule has 2 unspecified atom stereocenters. The van der Waals surface area contributed by atoms with Crippen molar-refractivity contribution < 1.29 is 4.74 Å². The van der Waals surface area contributed by atoms with Gasteiger partial charge in [0.2, 0.25) is 0 Å². The number of fused-ring (bicyclic) bond motifs is 1. The maximum atomic E-state index is 6.05. The summed E-state index contributed by atoms with van der Waals surface area (Å²) in [6.45, 7) is 2.83. The van der Waals surface area contributed by atoms with Crippen molar-refractivity contribution in [3.8, 4) is 0 Å². The highest BCUT2D eigenvalue weighted by molar-refractivity contribution is 6.18. The molecule has 0 spiro atoms. The second-order valence-corrected chi connectivity index (χ2v) is 5.17. The zero-order chi connectivity index (χ0) is 12.5. The monoisotopic (exact) mass is 261 g/mol. The summed E-state index contributed by atoms with van der Waals surface area (Å²) in [5.41, 5.74) is 3.31. The minimum atomic E-state index is 0.120. The molecule has 3 rings (SSSR count). The second-order valence-electron chi connectivity index (χ2n) is 4.86. The lowest BCUT2D eigenvalue weighted by atomic mass is 9.94. The number of aromatic nitrogens is 1. The van der Waals surface area contributed by atoms with Crippen LogP contribution in [0.15, 0.2) is 30.3 Å². The molecule has 1 aliphatic heterocycles. The average Bonchev–Trinajstić information content (AvgIpc) is 2.85. The van der Waals surface area contributed by atoms with Crippen molar-refractivity contribution in [3.05, 3.63) is 41.6 Å². The summed E-state index contributed by atoms with van der Waals surface area (Å²) in [6.07, 6.45) is 1.17. The smallest absolute Gasteiger partial charge is 0.0872 e. The third kappa shape index (κ3) is 2.00. The fraction of sp³-hybridized carbons (Fsp3) is 0.400. The molecule has 1 fully saturated rings. The number of benzene rings is 1. The van der Waals surface area contributed by atoms with E-state index in [9.17, 15) is 0 Å². The second kappa shape index (κ2) is 4.87. The Kier molecular flexibility index (Phi) is 3.23. The van der Waals surface area contributed by atoms with Gasteiger partial charge in [0.25, 0.3) is 0 Å². The molecule has 2 aromatic rings. The van der Waals surface area contributed by atoms with Gasteiger partial charge in [-0.1, -0.05) is 18.2 Å². The van der Waals surface area contributed by atoms with Crippen molar-refractivity contribution in [2.45, 2.75) is 19.4 Å². The topological polar surface area (TPSA) is 22.1 Å². The number of para-hydroxylation sites is 1. The number of ether oxygens (including phenoxy) is 1. The molecule has 1 aromatic carbocycles. The molecule has 0 aliphatic carbocycles. The van der Waals surface area contributed by atoms with Crippen molar-refractivity contribution in [2.24, 2.45) is 5.92 Å². The number of aryl methyl sites for hydroxylation is 1. The predicted molar refractivity (Wildman–Crippen MR) is 74.0 cm³/mol. The van der Waals surface area contributed by atoms with E-state index in [0.717, 1.165) is 24.2 Å². The number of hydrogen-bond donors (Lipinski definition) is 0. The summed E-state index contributed by atoms with van der Waals surface area (Å²) < 4.78 is 5.89. The fourth-order valence-electron chi connectivity index (χ4n) is 2.71. The number of alkyl halides is 1. The molecule has 0 saturated carbocycles. The van der Waals surface area contributed by atoms with Crippen LogP contribution in [-0.2, 0) is 4.74 Å². The van der Waals surface area contributed by atoms with Gasteiger partial charge in [-0.05, 0) is 31.0 Å². The van der Waals surface area contributed by atoms with Crippen LogP contribution < -0.4 is 0 Å². The van der Waals surface area contributed by atoms with Gasteiger partial charge in [-0.25, -0.2) is 0 Å². The highest BCUT2D eigenvalue weighted by Gasteiger charge is 2.30. The first kappa shape index (κ1) is 11.9. The molecule has 3 heteroatoms. The van der Waals surface area contributed by atoms with Gasteiger partial charge in [-0.2, -0.15) is 0 Å². The molecule has 2 nitrogen and oxygen atoms in total. The Hall–Kier alpha value is -1.12. The molecule has 1 aromatic heterocycles. The van der Waals surface area contributed by atoms with Crippen LogP contribution in [0.4, 0.5) is 0 Å². The Labute approximate surface area is 112 Å². The summed E-state index contributed by atoms with van der Waals surface area (Å²) in [5, 5.41) is 1.19. The zero-order valence-electron chi connectivity index (χ0n) is 10.4. The molecule has 1 aliphatic rings. The van der Waals surface area contributed by atoms with Gasteiger partial charge < -0.3 is 4.74 Å². The first-order valence-corrected chi connectivity index (χ1v) is 6.87. The van der Waals surface area contributed by atoms with Crippen molar-refractivity contribution in [3.63, 3.8) is 0 Å². The van der Waals surface area contributed by atoms with Gasteiger partial charge in [0.1, 0.15) is 0 Å². The van der Waals surface area contributed by atoms with Crippen LogP contribution in [-0.4, -0.2) is 17.5 Å². The lowest BCUT2D eigenvalue weighted by Gasteiger charge is -2.19. The van der Waals surface area contributed by atoms with E-state index in [1.54, 1.807) is 0 Å². The van der Waals surface area contributed by atoms with Crippen LogP contribution in [0, 0.1) is 12.8 Å². The highest BCUT2D eigenvalue weighted by atomic mass is 35.5. The molecule has 94 valence electrons. The summed E-state index contributed by atoms with van der Waals surface area (Å²) in [6, 6.07) is 10.4. The lowest BCUT2D eigenvalue weighted by molar-refractivity contribution is 0.0962. The first-order valence-electron chi connectivity index (χ1n) is 6.33. The molecular weight excluding hydrogens is 246 g/mol. The molecular formula is C15H16ClNO. The quantitative estimate of drug-likeness (QED) is 0.766. The van der Waals surface area contributed by atoms with Crippen LogP contribution in [0.5, 0.6) is 0 Å². The normalized spacial score (nSPS) is 23.7. The minimum Gasteiger partial charge on any atom is -0.373 e. The highest BCUT2D eigenvalue weighted by Crippen LogP contribution is 2.38. The van der Waals surface area contributed by atoms with Crippen LogP contribution >= 0.6 is 11.6 Å². The minimum absolute atomic E-state index is 0.120. The Morgan fingerprint density at radius 3 is 3.06 bits per heavy atom. The standard InChI is InChI=1S/C15H16ClNO/c1-10-8-13(15-11(9-16)6-7-18-15)12-4-2-3-5-14(12)17-10/h2-5,8,11,15H,6-7,9H2,1H3. The zero-order valence-corrected chi connectivity index (χ0v) is 11.2. The van der Waals surface area contributed by atoms with Gasteiger partial charge in [-0.15, -0.1) is 11.6 Å². The summed E-state index contributed by atoms with van der Waals surface area (Å²) >= 11 is 6.05. The number of nitrogens with zero attached hydrogens (tertiary/aromatic N) is 1. The van der Waals surface area contributed by atoms with Gasteiger partial charge >= 0.3 is 0 Å². The third-order valence-corrected chi connectivity index (χ3v) is 3.99. The largest absolute Gasteiger partial charge is 0.373 e. The fourth-order valence-corrected chi connectivity index (χ4v) is 3.03. The van der Waals surface area contributed by atoms with Crippen molar-refractivity contribution >= 4 is 22.5 Å². The Morgan fingerprint density at radius 1 is 1.39 bits per heavy atom. The van der Waals surface area contributed by atoms with Gasteiger partial charge in [0.15, 0.2) is 0 Å². The number of hydrogen-bond acceptors (Lipinski definition) is 2. The van der Waals surface area contributed by atoms with Crippen molar-refractivity contribution in [1.82, 2.24) is 4.98 Å². The molecule has 18 heavy (non-hydrogen) atoms. The van der Waals surface area contributed by atoms with E-state index in [4.69, 9.17) is 16.3 Å². The lowest BCUT2D eigenvalue weighted by Crippen LogP contribution is -2.10. The number of rotatable bonds is 2. The molecule has 0 radical (unpaired) electrons. The molecule has 2 atom stereocenters. The van der Waals surface area contributed by atoms with E-state index in [1.807, 2.05) is 19.1 Å². The molecule has 2 heterocycles. The van der Waals surface area contributed by atoms with Crippen LogP contribution in [0.25, 0.3) is 10.9 Å². The molecule has 0 N–H and O–H groups in total. The van der Waals surface area contributed by atoms with Crippen molar-refractivity contribution in [2.75, 3.05) is 12.5 Å². The van der Waals surface area contributed by atoms with E-state index >= 15 is 0 Å². The first-order chi connectivity index (χ1) is 8.79. The molecule has 0 amide bonds. The van der Waals surface area contributed by atoms with Crippen molar-refractivity contribution in [1.29, 1.82) is 0 Å². The van der Waals surface area contributed by atoms with Crippen LogP contribution in [0.1, 0.15) is 23.8 Å². The van der Waals surface area contributed by atoms with E-state index in [-0.39, 0.29) is 6.10 Å². The maximum Gasteiger partial charge on any atom is 0.0872 e. The predicted octanol–water partition coefficient (Wildman–Crippen LogP) is 3.86. The number of pyridine rings is 1. The molecule has 0 bridgehead atoms. The Bertz CT molecular complexity index is 569. The van der Waals surface area contributed by atoms with Gasteiger partial charge in [0, 0.05) is 29.5 Å². The van der Waals surface area contributed by atoms with E-state index in [0.29, 0.717) is 11.8 Å². The van der Waals surface area contributed by atoms with Gasteiger partial charge in [0.05, 0.1) is 11.6 Å². The summed E-state index contributed by atoms with van der Waals surface area (Å²) in [7, 11) is 0. The maximum absolute atomic E-state index is 6.05. The number of halogens is 1. The van der Waals surface area contributed by atoms with E-state index in [2.05, 4.69) is 23.2 Å². The van der Waals surface area contributed by atoms with E-state index < -0.39 is 0 Å². The van der Waals surface area contributed by atoms with Crippen LogP contribution in [0.3, 0.4) is 0 Å². The third-order valence-electron chi connectivity index (χ3n) is 3.60.